The average Bonchev–Trinajstić information content (AvgIpc) is 2.80. The van der Waals surface area contributed by atoms with Crippen molar-refractivity contribution in [1.82, 2.24) is 14.5 Å². The molecule has 1 aliphatic rings. The van der Waals surface area contributed by atoms with E-state index in [1.807, 2.05) is 0 Å². The van der Waals surface area contributed by atoms with Gasteiger partial charge in [0.25, 0.3) is 0 Å². The number of sulfonamides is 1. The van der Waals surface area contributed by atoms with Crippen LogP contribution in [0, 0.1) is 5.82 Å². The number of hydrogen-bond donors (Lipinski definition) is 2. The molecule has 1 aliphatic heterocycles. The van der Waals surface area contributed by atoms with Gasteiger partial charge in [-0.05, 0) is 48.9 Å². The summed E-state index contributed by atoms with van der Waals surface area (Å²) in [7, 11) is -3.95. The SMILES string of the molecule is CC(=O)Nc1ccc(S(=O)(=O)N[C@@H](C)C(=O)N2CCN(C(=O)Cc3ccc(F)cc3)CC2)cc1. The van der Waals surface area contributed by atoms with Gasteiger partial charge in [-0.3, -0.25) is 14.4 Å². The Balaban J connectivity index is 1.52. The average molecular weight is 491 g/mol. The highest BCUT2D eigenvalue weighted by molar-refractivity contribution is 7.89. The van der Waals surface area contributed by atoms with Crippen LogP contribution >= 0.6 is 0 Å². The quantitative estimate of drug-likeness (QED) is 0.608. The second-order valence-electron chi connectivity index (χ2n) is 8.06. The van der Waals surface area contributed by atoms with Gasteiger partial charge in [0.1, 0.15) is 5.82 Å². The number of carbonyl (C=O) groups excluding carboxylic acids is 3. The molecule has 3 amide bonds. The highest BCUT2D eigenvalue weighted by atomic mass is 32.2. The van der Waals surface area contributed by atoms with Crippen molar-refractivity contribution in [3.63, 3.8) is 0 Å². The van der Waals surface area contributed by atoms with Crippen molar-refractivity contribution in [3.8, 4) is 0 Å². The number of anilines is 1. The number of nitrogens with one attached hydrogen (secondary N) is 2. The first-order chi connectivity index (χ1) is 16.0. The van der Waals surface area contributed by atoms with Gasteiger partial charge < -0.3 is 15.1 Å². The summed E-state index contributed by atoms with van der Waals surface area (Å²) >= 11 is 0. The molecule has 11 heteroatoms. The second-order valence-corrected chi connectivity index (χ2v) is 9.77. The van der Waals surface area contributed by atoms with Crippen LogP contribution in [0.4, 0.5) is 10.1 Å². The van der Waals surface area contributed by atoms with Crippen LogP contribution in [0.2, 0.25) is 0 Å². The summed E-state index contributed by atoms with van der Waals surface area (Å²) in [4.78, 5) is 39.5. The Hall–Kier alpha value is -3.31. The molecule has 9 nitrogen and oxygen atoms in total. The van der Waals surface area contributed by atoms with Crippen LogP contribution in [0.15, 0.2) is 53.4 Å². The summed E-state index contributed by atoms with van der Waals surface area (Å²) in [5.74, 6) is -1.14. The van der Waals surface area contributed by atoms with Gasteiger partial charge in [-0.1, -0.05) is 12.1 Å². The molecule has 0 radical (unpaired) electrons. The largest absolute Gasteiger partial charge is 0.339 e. The van der Waals surface area contributed by atoms with Crippen molar-refractivity contribution in [2.75, 3.05) is 31.5 Å². The fourth-order valence-corrected chi connectivity index (χ4v) is 4.81. The first kappa shape index (κ1) is 25.3. The minimum Gasteiger partial charge on any atom is -0.339 e. The highest BCUT2D eigenvalue weighted by Crippen LogP contribution is 2.15. The topological polar surface area (TPSA) is 116 Å². The zero-order valence-corrected chi connectivity index (χ0v) is 19.8. The lowest BCUT2D eigenvalue weighted by Crippen LogP contribution is -2.55. The van der Waals surface area contributed by atoms with Gasteiger partial charge >= 0.3 is 0 Å². The molecule has 0 saturated carbocycles. The summed E-state index contributed by atoms with van der Waals surface area (Å²) in [6.07, 6.45) is 0.144. The van der Waals surface area contributed by atoms with Gasteiger partial charge in [0.05, 0.1) is 17.4 Å². The Labute approximate surface area is 198 Å². The van der Waals surface area contributed by atoms with Crippen LogP contribution in [0.25, 0.3) is 0 Å². The molecule has 0 aromatic heterocycles. The number of amides is 3. The summed E-state index contributed by atoms with van der Waals surface area (Å²) < 4.78 is 40.7. The summed E-state index contributed by atoms with van der Waals surface area (Å²) in [6, 6.07) is 10.4. The van der Waals surface area contributed by atoms with Gasteiger partial charge in [0, 0.05) is 38.8 Å². The number of benzene rings is 2. The van der Waals surface area contributed by atoms with Crippen LogP contribution < -0.4 is 10.0 Å². The van der Waals surface area contributed by atoms with Crippen LogP contribution in [0.3, 0.4) is 0 Å². The van der Waals surface area contributed by atoms with Crippen LogP contribution in [-0.2, 0) is 30.8 Å². The number of nitrogens with zero attached hydrogens (tertiary/aromatic N) is 2. The zero-order valence-electron chi connectivity index (χ0n) is 19.0. The molecular weight excluding hydrogens is 463 g/mol. The van der Waals surface area contributed by atoms with Gasteiger partial charge in [0.2, 0.25) is 27.7 Å². The fourth-order valence-electron chi connectivity index (χ4n) is 3.61. The Morgan fingerprint density at radius 2 is 1.50 bits per heavy atom. The first-order valence-electron chi connectivity index (χ1n) is 10.8. The van der Waals surface area contributed by atoms with Gasteiger partial charge in [0.15, 0.2) is 0 Å². The molecule has 2 aromatic carbocycles. The van der Waals surface area contributed by atoms with Crippen molar-refractivity contribution in [2.45, 2.75) is 31.2 Å². The third-order valence-corrected chi connectivity index (χ3v) is 6.96. The summed E-state index contributed by atoms with van der Waals surface area (Å²) in [6.45, 7) is 4.04. The standard InChI is InChI=1S/C23H27FN4O5S/c1-16(26-34(32,33)21-9-7-20(8-10-21)25-17(2)29)23(31)28-13-11-27(12-14-28)22(30)15-18-3-5-19(24)6-4-18/h3-10,16,26H,11-15H2,1-2H3,(H,25,29)/t16-/m0/s1. The van der Waals surface area contributed by atoms with Gasteiger partial charge in [-0.15, -0.1) is 0 Å². The molecule has 0 unspecified atom stereocenters. The minimum absolute atomic E-state index is 0.0301. The van der Waals surface area contributed by atoms with Crippen LogP contribution in [0.1, 0.15) is 19.4 Å². The molecule has 1 heterocycles. The number of rotatable bonds is 7. The molecule has 0 spiro atoms. The fraction of sp³-hybridized carbons (Fsp3) is 0.348. The van der Waals surface area contributed by atoms with E-state index in [9.17, 15) is 27.2 Å². The van der Waals surface area contributed by atoms with E-state index in [0.29, 0.717) is 24.3 Å². The Morgan fingerprint density at radius 1 is 0.941 bits per heavy atom. The van der Waals surface area contributed by atoms with E-state index in [0.717, 1.165) is 0 Å². The number of carbonyl (C=O) groups is 3. The molecule has 1 fully saturated rings. The van der Waals surface area contributed by atoms with E-state index < -0.39 is 16.1 Å². The van der Waals surface area contributed by atoms with Crippen molar-refractivity contribution in [3.05, 3.63) is 59.9 Å². The lowest BCUT2D eigenvalue weighted by Gasteiger charge is -2.36. The molecule has 3 rings (SSSR count). The maximum Gasteiger partial charge on any atom is 0.241 e. The van der Waals surface area contributed by atoms with E-state index >= 15 is 0 Å². The number of hydrogen-bond acceptors (Lipinski definition) is 5. The molecule has 1 saturated heterocycles. The lowest BCUT2D eigenvalue weighted by atomic mass is 10.1. The van der Waals surface area contributed by atoms with E-state index in [4.69, 9.17) is 0 Å². The first-order valence-corrected chi connectivity index (χ1v) is 12.2. The van der Waals surface area contributed by atoms with Gasteiger partial charge in [-0.2, -0.15) is 4.72 Å². The van der Waals surface area contributed by atoms with Crippen molar-refractivity contribution in [1.29, 1.82) is 0 Å². The Bertz CT molecular complexity index is 1140. The Kier molecular flexibility index (Phi) is 8.00. The number of halogens is 1. The molecule has 182 valence electrons. The van der Waals surface area contributed by atoms with Crippen molar-refractivity contribution >= 4 is 33.4 Å². The molecule has 2 N–H and O–H groups in total. The predicted octanol–water partition coefficient (Wildman–Crippen LogP) is 1.36. The summed E-state index contributed by atoms with van der Waals surface area (Å²) in [5.41, 5.74) is 1.17. The normalized spacial score (nSPS) is 15.0. The van der Waals surface area contributed by atoms with Crippen LogP contribution in [-0.4, -0.2) is 68.2 Å². The molecule has 1 atom stereocenters. The van der Waals surface area contributed by atoms with Crippen LogP contribution in [0.5, 0.6) is 0 Å². The monoisotopic (exact) mass is 490 g/mol. The lowest BCUT2D eigenvalue weighted by molar-refractivity contribution is -0.139. The Morgan fingerprint density at radius 3 is 2.06 bits per heavy atom. The maximum atomic E-state index is 13.0. The predicted molar refractivity (Wildman–Crippen MR) is 124 cm³/mol. The van der Waals surface area contributed by atoms with Crippen molar-refractivity contribution in [2.24, 2.45) is 0 Å². The molecule has 34 heavy (non-hydrogen) atoms. The zero-order chi connectivity index (χ0) is 24.9. The number of piperazine rings is 1. The third-order valence-electron chi connectivity index (χ3n) is 5.40. The highest BCUT2D eigenvalue weighted by Gasteiger charge is 2.29. The van der Waals surface area contributed by atoms with Crippen molar-refractivity contribution < 1.29 is 27.2 Å². The van der Waals surface area contributed by atoms with E-state index in [-0.39, 0.29) is 47.9 Å². The minimum atomic E-state index is -3.95. The smallest absolute Gasteiger partial charge is 0.241 e. The molecular formula is C23H27FN4O5S. The van der Waals surface area contributed by atoms with E-state index in [2.05, 4.69) is 10.0 Å². The summed E-state index contributed by atoms with van der Waals surface area (Å²) in [5, 5.41) is 2.55. The maximum absolute atomic E-state index is 13.0. The van der Waals surface area contributed by atoms with E-state index in [1.165, 1.54) is 55.1 Å². The van der Waals surface area contributed by atoms with E-state index in [1.54, 1.807) is 17.0 Å². The third kappa shape index (κ3) is 6.61. The second kappa shape index (κ2) is 10.7. The molecule has 0 aliphatic carbocycles. The molecule has 0 bridgehead atoms. The molecule has 2 aromatic rings. The van der Waals surface area contributed by atoms with Gasteiger partial charge in [-0.25, -0.2) is 12.8 Å².